The number of hydrogen-bond acceptors (Lipinski definition) is 1. The molecule has 2 atom stereocenters. The summed E-state index contributed by atoms with van der Waals surface area (Å²) >= 11 is 0. The summed E-state index contributed by atoms with van der Waals surface area (Å²) in [5.41, 5.74) is 3.35. The fourth-order valence-corrected chi connectivity index (χ4v) is 2.43. The maximum absolute atomic E-state index is 9.10. The van der Waals surface area contributed by atoms with Gasteiger partial charge in [0.25, 0.3) is 0 Å². The van der Waals surface area contributed by atoms with E-state index in [0.717, 1.165) is 0 Å². The molecule has 0 heterocycles. The zero-order valence-electron chi connectivity index (χ0n) is 11.9. The molecule has 1 rings (SSSR count). The third kappa shape index (κ3) is 5.08. The molecule has 0 aromatic heterocycles. The largest absolute Gasteiger partial charge is 0.396 e. The summed E-state index contributed by atoms with van der Waals surface area (Å²) in [4.78, 5) is 0. The molecule has 1 saturated carbocycles. The van der Waals surface area contributed by atoms with E-state index >= 15 is 0 Å². The van der Waals surface area contributed by atoms with Gasteiger partial charge in [0.1, 0.15) is 0 Å². The van der Waals surface area contributed by atoms with Crippen LogP contribution in [0, 0.1) is 11.3 Å². The molecule has 1 nitrogen and oxygen atoms in total. The minimum Gasteiger partial charge on any atom is -0.396 e. The van der Waals surface area contributed by atoms with E-state index in [-0.39, 0.29) is 0 Å². The van der Waals surface area contributed by atoms with Crippen molar-refractivity contribution >= 4 is 0 Å². The number of rotatable bonds is 7. The summed E-state index contributed by atoms with van der Waals surface area (Å²) in [7, 11) is 0. The van der Waals surface area contributed by atoms with Crippen LogP contribution in [-0.4, -0.2) is 11.7 Å². The van der Waals surface area contributed by atoms with Crippen LogP contribution in [-0.2, 0) is 0 Å². The van der Waals surface area contributed by atoms with Gasteiger partial charge >= 0.3 is 0 Å². The van der Waals surface area contributed by atoms with E-state index in [9.17, 15) is 0 Å². The molecule has 1 heteroatoms. The highest BCUT2D eigenvalue weighted by atomic mass is 16.3. The molecule has 98 valence electrons. The van der Waals surface area contributed by atoms with Crippen molar-refractivity contribution in [3.63, 3.8) is 0 Å². The smallest absolute Gasteiger partial charge is 0.0464 e. The van der Waals surface area contributed by atoms with Crippen molar-refractivity contribution < 1.29 is 5.11 Å². The number of allylic oxidation sites excluding steroid dienone is 4. The lowest BCUT2D eigenvalue weighted by Gasteiger charge is -2.08. The summed E-state index contributed by atoms with van der Waals surface area (Å²) in [6.07, 6.45) is 10.7. The molecule has 2 unspecified atom stereocenters. The lowest BCUT2D eigenvalue weighted by molar-refractivity contribution is 0.250. The van der Waals surface area contributed by atoms with Crippen LogP contribution >= 0.6 is 0 Å². The first-order valence-corrected chi connectivity index (χ1v) is 6.88. The average molecular weight is 236 g/mol. The van der Waals surface area contributed by atoms with Crippen LogP contribution in [0.3, 0.4) is 0 Å². The van der Waals surface area contributed by atoms with Gasteiger partial charge in [0.15, 0.2) is 0 Å². The minimum absolute atomic E-state index is 0.375. The summed E-state index contributed by atoms with van der Waals surface area (Å²) in [6, 6.07) is 0. The minimum atomic E-state index is 0.375. The van der Waals surface area contributed by atoms with Crippen LogP contribution in [0.1, 0.15) is 59.8 Å². The Bertz CT molecular complexity index is 297. The van der Waals surface area contributed by atoms with Crippen molar-refractivity contribution in [2.24, 2.45) is 11.3 Å². The van der Waals surface area contributed by atoms with Gasteiger partial charge in [-0.2, -0.15) is 0 Å². The highest BCUT2D eigenvalue weighted by molar-refractivity contribution is 5.04. The first kappa shape index (κ1) is 14.5. The topological polar surface area (TPSA) is 20.2 Å². The molecule has 0 aromatic rings. The molecule has 0 spiro atoms. The Balaban J connectivity index is 2.18. The van der Waals surface area contributed by atoms with E-state index in [2.05, 4.69) is 39.8 Å². The Kier molecular flexibility index (Phi) is 5.45. The van der Waals surface area contributed by atoms with Gasteiger partial charge in [-0.05, 0) is 64.2 Å². The molecule has 0 aliphatic heterocycles. The molecule has 0 radical (unpaired) electrons. The van der Waals surface area contributed by atoms with E-state index in [1.807, 2.05) is 0 Å². The second-order valence-corrected chi connectivity index (χ2v) is 6.15. The second kappa shape index (κ2) is 6.39. The number of aliphatic hydroxyl groups excluding tert-OH is 1. The van der Waals surface area contributed by atoms with E-state index in [1.54, 1.807) is 0 Å². The average Bonchev–Trinajstić information content (AvgIpc) is 2.89. The highest BCUT2D eigenvalue weighted by Crippen LogP contribution is 2.55. The van der Waals surface area contributed by atoms with Crippen molar-refractivity contribution in [3.8, 4) is 0 Å². The van der Waals surface area contributed by atoms with Crippen LogP contribution < -0.4 is 0 Å². The zero-order chi connectivity index (χ0) is 12.9. The SMILES string of the molecule is CC(C)=CCCC(C)=CCCC1(C)CC1CO. The number of aliphatic hydroxyl groups is 1. The molecular weight excluding hydrogens is 208 g/mol. The monoisotopic (exact) mass is 236 g/mol. The van der Waals surface area contributed by atoms with E-state index in [0.29, 0.717) is 17.9 Å². The molecule has 0 bridgehead atoms. The highest BCUT2D eigenvalue weighted by Gasteiger charge is 2.48. The first-order valence-electron chi connectivity index (χ1n) is 6.88. The maximum Gasteiger partial charge on any atom is 0.0464 e. The van der Waals surface area contributed by atoms with E-state index in [4.69, 9.17) is 5.11 Å². The normalized spacial score (nSPS) is 28.1. The Morgan fingerprint density at radius 3 is 2.47 bits per heavy atom. The predicted octanol–water partition coefficient (Wildman–Crippen LogP) is 4.48. The van der Waals surface area contributed by atoms with E-state index < -0.39 is 0 Å². The summed E-state index contributed by atoms with van der Waals surface area (Å²) in [6.45, 7) is 9.22. The molecule has 0 aromatic carbocycles. The van der Waals surface area contributed by atoms with Crippen LogP contribution in [0.5, 0.6) is 0 Å². The standard InChI is InChI=1S/C16H28O/c1-13(2)7-5-8-14(3)9-6-10-16(4)11-15(16)12-17/h7,9,15,17H,5-6,8,10-12H2,1-4H3. The van der Waals surface area contributed by atoms with Crippen molar-refractivity contribution in [1.82, 2.24) is 0 Å². The molecule has 0 amide bonds. The van der Waals surface area contributed by atoms with Crippen LogP contribution in [0.25, 0.3) is 0 Å². The molecule has 0 saturated heterocycles. The quantitative estimate of drug-likeness (QED) is 0.646. The van der Waals surface area contributed by atoms with Crippen molar-refractivity contribution in [1.29, 1.82) is 0 Å². The third-order valence-corrected chi connectivity index (χ3v) is 4.06. The van der Waals surface area contributed by atoms with E-state index in [1.165, 1.54) is 43.3 Å². The maximum atomic E-state index is 9.10. The summed E-state index contributed by atoms with van der Waals surface area (Å²) in [5.74, 6) is 0.571. The van der Waals surface area contributed by atoms with Crippen LogP contribution in [0.15, 0.2) is 23.3 Å². The van der Waals surface area contributed by atoms with Crippen molar-refractivity contribution in [2.45, 2.75) is 59.8 Å². The summed E-state index contributed by atoms with van der Waals surface area (Å²) in [5, 5.41) is 9.10. The van der Waals surface area contributed by atoms with Crippen LogP contribution in [0.2, 0.25) is 0 Å². The predicted molar refractivity (Wildman–Crippen MR) is 75.0 cm³/mol. The fraction of sp³-hybridized carbons (Fsp3) is 0.750. The third-order valence-electron chi connectivity index (χ3n) is 4.06. The summed E-state index contributed by atoms with van der Waals surface area (Å²) < 4.78 is 0. The Morgan fingerprint density at radius 2 is 1.94 bits per heavy atom. The van der Waals surface area contributed by atoms with Gasteiger partial charge in [-0.25, -0.2) is 0 Å². The Hall–Kier alpha value is -0.560. The second-order valence-electron chi connectivity index (χ2n) is 6.15. The van der Waals surface area contributed by atoms with Crippen LogP contribution in [0.4, 0.5) is 0 Å². The Labute approximate surface area is 107 Å². The molecule has 1 aliphatic rings. The zero-order valence-corrected chi connectivity index (χ0v) is 11.9. The van der Waals surface area contributed by atoms with Gasteiger partial charge in [-0.3, -0.25) is 0 Å². The number of hydrogen-bond donors (Lipinski definition) is 1. The lowest BCUT2D eigenvalue weighted by Crippen LogP contribution is -2.00. The van der Waals surface area contributed by atoms with Gasteiger partial charge in [0, 0.05) is 6.61 Å². The fourth-order valence-electron chi connectivity index (χ4n) is 2.43. The van der Waals surface area contributed by atoms with Gasteiger partial charge in [0.05, 0.1) is 0 Å². The molecular formula is C16H28O. The van der Waals surface area contributed by atoms with Crippen molar-refractivity contribution in [2.75, 3.05) is 6.61 Å². The van der Waals surface area contributed by atoms with Gasteiger partial charge in [-0.1, -0.05) is 30.2 Å². The van der Waals surface area contributed by atoms with Gasteiger partial charge in [0.2, 0.25) is 0 Å². The van der Waals surface area contributed by atoms with Gasteiger partial charge in [-0.15, -0.1) is 0 Å². The van der Waals surface area contributed by atoms with Gasteiger partial charge < -0.3 is 5.11 Å². The lowest BCUT2D eigenvalue weighted by atomic mass is 9.98. The molecule has 1 N–H and O–H groups in total. The molecule has 17 heavy (non-hydrogen) atoms. The first-order chi connectivity index (χ1) is 7.98. The Morgan fingerprint density at radius 1 is 1.24 bits per heavy atom. The molecule has 1 aliphatic carbocycles. The van der Waals surface area contributed by atoms with Crippen molar-refractivity contribution in [3.05, 3.63) is 23.3 Å². The molecule has 1 fully saturated rings.